The predicted molar refractivity (Wildman–Crippen MR) is 71.7 cm³/mol. The minimum Gasteiger partial charge on any atom is -0.489 e. The summed E-state index contributed by atoms with van der Waals surface area (Å²) in [7, 11) is 0. The van der Waals surface area contributed by atoms with Gasteiger partial charge in [-0.1, -0.05) is 6.07 Å². The Kier molecular flexibility index (Phi) is 3.64. The lowest BCUT2D eigenvalue weighted by Gasteiger charge is -2.21. The molecule has 4 heteroatoms. The third kappa shape index (κ3) is 3.13. The molecule has 1 aromatic carbocycles. The summed E-state index contributed by atoms with van der Waals surface area (Å²) in [6.07, 6.45) is 1.68. The van der Waals surface area contributed by atoms with E-state index in [1.165, 1.54) is 0 Å². The highest BCUT2D eigenvalue weighted by atomic mass is 79.9. The summed E-state index contributed by atoms with van der Waals surface area (Å²) in [5, 5.41) is 0. The van der Waals surface area contributed by atoms with E-state index >= 15 is 0 Å². The first-order valence-corrected chi connectivity index (χ1v) is 6.62. The van der Waals surface area contributed by atoms with E-state index in [0.29, 0.717) is 13.2 Å². The molecule has 0 aromatic heterocycles. The number of halogens is 1. The van der Waals surface area contributed by atoms with Crippen molar-refractivity contribution in [1.82, 2.24) is 0 Å². The van der Waals surface area contributed by atoms with Gasteiger partial charge in [0.25, 0.3) is 0 Å². The molecule has 0 spiro atoms. The second kappa shape index (κ2) is 4.86. The number of fused-ring (bicyclic) bond motifs is 1. The normalized spacial score (nSPS) is 15.5. The van der Waals surface area contributed by atoms with Gasteiger partial charge in [-0.05, 0) is 47.8 Å². The molecule has 0 fully saturated rings. The average Bonchev–Trinajstić information content (AvgIpc) is 2.46. The number of ether oxygens (including phenoxy) is 2. The van der Waals surface area contributed by atoms with E-state index < -0.39 is 0 Å². The molecule has 0 unspecified atom stereocenters. The summed E-state index contributed by atoms with van der Waals surface area (Å²) in [4.78, 5) is 0. The number of rotatable bonds is 2. The lowest BCUT2D eigenvalue weighted by atomic mass is 9.95. The number of hydrogen-bond donors (Lipinski definition) is 1. The van der Waals surface area contributed by atoms with Crippen LogP contribution in [0.15, 0.2) is 16.6 Å². The van der Waals surface area contributed by atoms with Crippen LogP contribution >= 0.6 is 15.9 Å². The van der Waals surface area contributed by atoms with Crippen molar-refractivity contribution in [2.45, 2.75) is 32.2 Å². The van der Waals surface area contributed by atoms with Crippen LogP contribution in [0.4, 0.5) is 0 Å². The van der Waals surface area contributed by atoms with Gasteiger partial charge in [0.15, 0.2) is 11.5 Å². The molecular weight excluding hydrogens is 282 g/mol. The molecule has 1 heterocycles. The van der Waals surface area contributed by atoms with E-state index in [-0.39, 0.29) is 5.54 Å². The third-order valence-electron chi connectivity index (χ3n) is 2.57. The second-order valence-corrected chi connectivity index (χ2v) is 5.93. The maximum Gasteiger partial charge on any atom is 0.175 e. The number of hydrogen-bond acceptors (Lipinski definition) is 3. The number of nitrogens with two attached hydrogens (primary N) is 1. The Morgan fingerprint density at radius 2 is 1.88 bits per heavy atom. The van der Waals surface area contributed by atoms with Crippen LogP contribution in [0, 0.1) is 0 Å². The van der Waals surface area contributed by atoms with Gasteiger partial charge in [0, 0.05) is 12.0 Å². The summed E-state index contributed by atoms with van der Waals surface area (Å²) < 4.78 is 12.5. The summed E-state index contributed by atoms with van der Waals surface area (Å²) in [5.41, 5.74) is 6.93. The zero-order valence-corrected chi connectivity index (χ0v) is 11.8. The van der Waals surface area contributed by atoms with Gasteiger partial charge in [0.2, 0.25) is 0 Å². The molecule has 0 aliphatic carbocycles. The van der Waals surface area contributed by atoms with Crippen molar-refractivity contribution in [3.63, 3.8) is 0 Å². The Morgan fingerprint density at radius 1 is 1.24 bits per heavy atom. The maximum atomic E-state index is 6.07. The van der Waals surface area contributed by atoms with E-state index in [0.717, 1.165) is 34.4 Å². The fourth-order valence-electron chi connectivity index (χ4n) is 1.91. The molecule has 2 N–H and O–H groups in total. The van der Waals surface area contributed by atoms with Gasteiger partial charge in [0.1, 0.15) is 0 Å². The standard InChI is InChI=1S/C13H18BrNO2/c1-13(2,15)8-9-4-5-10(14)12-11(9)16-6-3-7-17-12/h4-5H,3,6-8,15H2,1-2H3. The minimum absolute atomic E-state index is 0.253. The average molecular weight is 300 g/mol. The van der Waals surface area contributed by atoms with Gasteiger partial charge in [0.05, 0.1) is 17.7 Å². The monoisotopic (exact) mass is 299 g/mol. The van der Waals surface area contributed by atoms with Crippen LogP contribution < -0.4 is 15.2 Å². The first kappa shape index (κ1) is 12.7. The lowest BCUT2D eigenvalue weighted by molar-refractivity contribution is 0.295. The highest BCUT2D eigenvalue weighted by Gasteiger charge is 2.21. The topological polar surface area (TPSA) is 44.5 Å². The summed E-state index contributed by atoms with van der Waals surface area (Å²) in [6, 6.07) is 4.04. The molecule has 0 saturated carbocycles. The molecule has 94 valence electrons. The molecule has 0 saturated heterocycles. The van der Waals surface area contributed by atoms with E-state index in [2.05, 4.69) is 15.9 Å². The van der Waals surface area contributed by atoms with Crippen molar-refractivity contribution in [3.05, 3.63) is 22.2 Å². The van der Waals surface area contributed by atoms with Crippen molar-refractivity contribution >= 4 is 15.9 Å². The first-order valence-electron chi connectivity index (χ1n) is 5.83. The molecule has 0 amide bonds. The largest absolute Gasteiger partial charge is 0.489 e. The zero-order chi connectivity index (χ0) is 12.5. The van der Waals surface area contributed by atoms with Gasteiger partial charge in [-0.15, -0.1) is 0 Å². The Morgan fingerprint density at radius 3 is 2.53 bits per heavy atom. The van der Waals surface area contributed by atoms with E-state index in [1.54, 1.807) is 0 Å². The van der Waals surface area contributed by atoms with Gasteiger partial charge < -0.3 is 15.2 Å². The molecular formula is C13H18BrNO2. The van der Waals surface area contributed by atoms with Crippen LogP contribution in [0.2, 0.25) is 0 Å². The van der Waals surface area contributed by atoms with Gasteiger partial charge >= 0.3 is 0 Å². The highest BCUT2D eigenvalue weighted by molar-refractivity contribution is 9.10. The molecule has 1 aliphatic heterocycles. The first-order chi connectivity index (χ1) is 7.97. The Bertz CT molecular complexity index is 413. The van der Waals surface area contributed by atoms with Gasteiger partial charge in [-0.2, -0.15) is 0 Å². The van der Waals surface area contributed by atoms with E-state index in [4.69, 9.17) is 15.2 Å². The van der Waals surface area contributed by atoms with Crippen LogP contribution in [0.1, 0.15) is 25.8 Å². The maximum absolute atomic E-state index is 6.07. The van der Waals surface area contributed by atoms with Crippen LogP contribution in [-0.2, 0) is 6.42 Å². The van der Waals surface area contributed by atoms with Gasteiger partial charge in [-0.25, -0.2) is 0 Å². The predicted octanol–water partition coefficient (Wildman–Crippen LogP) is 2.89. The summed E-state index contributed by atoms with van der Waals surface area (Å²) >= 11 is 3.49. The van der Waals surface area contributed by atoms with Gasteiger partial charge in [-0.3, -0.25) is 0 Å². The Labute approximate surface area is 110 Å². The van der Waals surface area contributed by atoms with Crippen molar-refractivity contribution in [2.24, 2.45) is 5.73 Å². The molecule has 1 aromatic rings. The van der Waals surface area contributed by atoms with Crippen molar-refractivity contribution in [2.75, 3.05) is 13.2 Å². The summed E-state index contributed by atoms with van der Waals surface area (Å²) in [5.74, 6) is 1.65. The van der Waals surface area contributed by atoms with Crippen LogP contribution in [0.25, 0.3) is 0 Å². The van der Waals surface area contributed by atoms with E-state index in [1.807, 2.05) is 26.0 Å². The highest BCUT2D eigenvalue weighted by Crippen LogP contribution is 2.40. The van der Waals surface area contributed by atoms with Crippen LogP contribution in [0.5, 0.6) is 11.5 Å². The SMILES string of the molecule is CC(C)(N)Cc1ccc(Br)c2c1OCCCO2. The Hall–Kier alpha value is -0.740. The fourth-order valence-corrected chi connectivity index (χ4v) is 2.34. The van der Waals surface area contributed by atoms with Crippen LogP contribution in [0.3, 0.4) is 0 Å². The second-order valence-electron chi connectivity index (χ2n) is 5.08. The third-order valence-corrected chi connectivity index (χ3v) is 3.20. The molecule has 0 atom stereocenters. The fraction of sp³-hybridized carbons (Fsp3) is 0.538. The lowest BCUT2D eigenvalue weighted by Crippen LogP contribution is -2.34. The molecule has 2 rings (SSSR count). The van der Waals surface area contributed by atoms with E-state index in [9.17, 15) is 0 Å². The molecule has 0 bridgehead atoms. The summed E-state index contributed by atoms with van der Waals surface area (Å²) in [6.45, 7) is 5.42. The molecule has 3 nitrogen and oxygen atoms in total. The van der Waals surface area contributed by atoms with Crippen molar-refractivity contribution in [1.29, 1.82) is 0 Å². The molecule has 17 heavy (non-hydrogen) atoms. The van der Waals surface area contributed by atoms with Crippen molar-refractivity contribution < 1.29 is 9.47 Å². The zero-order valence-electron chi connectivity index (χ0n) is 10.3. The molecule has 1 aliphatic rings. The number of benzene rings is 1. The minimum atomic E-state index is -0.253. The van der Waals surface area contributed by atoms with Crippen LogP contribution in [-0.4, -0.2) is 18.8 Å². The molecule has 0 radical (unpaired) electrons. The van der Waals surface area contributed by atoms with Crippen molar-refractivity contribution in [3.8, 4) is 11.5 Å². The smallest absolute Gasteiger partial charge is 0.175 e. The quantitative estimate of drug-likeness (QED) is 0.913. The Balaban J connectivity index is 2.40.